The molecule has 0 amide bonds. The number of alkyl halides is 3. The highest BCUT2D eigenvalue weighted by Gasteiger charge is 2.47. The zero-order valence-electron chi connectivity index (χ0n) is 16.2. The molecule has 0 bridgehead atoms. The maximum Gasteiger partial charge on any atom is 0.426 e. The molecule has 0 saturated heterocycles. The monoisotopic (exact) mass is 816 g/mol. The summed E-state index contributed by atoms with van der Waals surface area (Å²) in [5, 5.41) is 0. The largest absolute Gasteiger partial charge is 0.451 e. The average Bonchev–Trinajstić information content (AvgIpc) is 2.88. The lowest BCUT2D eigenvalue weighted by molar-refractivity contribution is -0.218. The van der Waals surface area contributed by atoms with Gasteiger partial charge in [0.2, 0.25) is 6.10 Å². The molecule has 1 aliphatic rings. The van der Waals surface area contributed by atoms with Crippen LogP contribution in [-0.4, -0.2) is 42.9 Å². The minimum absolute atomic E-state index is 0.0932. The van der Waals surface area contributed by atoms with Crippen LogP contribution >= 0.6 is 67.8 Å². The summed E-state index contributed by atoms with van der Waals surface area (Å²) < 4.78 is 82.5. The van der Waals surface area contributed by atoms with Gasteiger partial charge in [-0.2, -0.15) is 21.6 Å². The van der Waals surface area contributed by atoms with E-state index in [0.717, 1.165) is 3.57 Å². The van der Waals surface area contributed by atoms with Crippen LogP contribution in [0.4, 0.5) is 13.2 Å². The molecule has 0 radical (unpaired) electrons. The van der Waals surface area contributed by atoms with Gasteiger partial charge in [-0.1, -0.05) is 19.3 Å². The Morgan fingerprint density at radius 1 is 1.03 bits per heavy atom. The summed E-state index contributed by atoms with van der Waals surface area (Å²) in [7, 11) is -5.06. The van der Waals surface area contributed by atoms with E-state index in [1.54, 1.807) is 12.1 Å². The summed E-state index contributed by atoms with van der Waals surface area (Å²) in [6.07, 6.45) is -6.22. The van der Waals surface area contributed by atoms with Crippen molar-refractivity contribution < 1.29 is 45.2 Å². The molecule has 3 atom stereocenters. The SMILES string of the molecule is O=C(Oc1c(I)cc(I)cc1I)C1CCCCCC1C(=O)OC(CS(=O)(=O)O)C(F)(F)F. The maximum absolute atomic E-state index is 13.2. The number of carbonyl (C=O) groups is 2. The Labute approximate surface area is 223 Å². The van der Waals surface area contributed by atoms with Crippen LogP contribution in [0.15, 0.2) is 12.1 Å². The smallest absolute Gasteiger partial charge is 0.426 e. The fraction of sp³-hybridized carbons (Fsp3) is 0.556. The number of benzene rings is 1. The third kappa shape index (κ3) is 8.37. The van der Waals surface area contributed by atoms with Gasteiger partial charge < -0.3 is 9.47 Å². The molecule has 180 valence electrons. The van der Waals surface area contributed by atoms with Crippen molar-refractivity contribution in [2.45, 2.75) is 44.4 Å². The second-order valence-corrected chi connectivity index (χ2v) is 12.3. The van der Waals surface area contributed by atoms with Crippen LogP contribution in [0, 0.1) is 22.5 Å². The fourth-order valence-electron chi connectivity index (χ4n) is 3.29. The maximum atomic E-state index is 13.2. The first kappa shape index (κ1) is 28.3. The van der Waals surface area contributed by atoms with Gasteiger partial charge in [0.25, 0.3) is 10.1 Å². The standard InChI is InChI=1S/C18H18F3I3O7S/c19-18(20,21)14(8-32(27,28)29)30-16(25)10-4-2-1-3-5-11(10)17(26)31-15-12(23)6-9(22)7-13(15)24/h6-7,10-11,14H,1-5,8H2,(H,27,28,29). The summed E-state index contributed by atoms with van der Waals surface area (Å²) >= 11 is 6.09. The quantitative estimate of drug-likeness (QED) is 0.142. The minimum atomic E-state index is -5.21. The van der Waals surface area contributed by atoms with Gasteiger partial charge in [0.05, 0.1) is 19.0 Å². The first-order valence-corrected chi connectivity index (χ1v) is 14.1. The zero-order valence-corrected chi connectivity index (χ0v) is 23.5. The van der Waals surface area contributed by atoms with Gasteiger partial charge in [0, 0.05) is 3.57 Å². The first-order chi connectivity index (χ1) is 14.7. The van der Waals surface area contributed by atoms with E-state index in [2.05, 4.69) is 27.3 Å². The average molecular weight is 816 g/mol. The molecule has 1 aliphatic carbocycles. The molecule has 32 heavy (non-hydrogen) atoms. The number of carbonyl (C=O) groups excluding carboxylic acids is 2. The highest BCUT2D eigenvalue weighted by atomic mass is 127. The Kier molecular flexibility index (Phi) is 10.3. The van der Waals surface area contributed by atoms with E-state index in [1.807, 2.05) is 45.2 Å². The molecule has 0 aliphatic heterocycles. The lowest BCUT2D eigenvalue weighted by Crippen LogP contribution is -2.42. The highest BCUT2D eigenvalue weighted by molar-refractivity contribution is 14.1. The van der Waals surface area contributed by atoms with E-state index in [4.69, 9.17) is 9.29 Å². The molecular weight excluding hydrogens is 798 g/mol. The number of rotatable bonds is 6. The second-order valence-electron chi connectivity index (χ2n) is 7.19. The molecule has 1 aromatic carbocycles. The van der Waals surface area contributed by atoms with Gasteiger partial charge in [-0.3, -0.25) is 14.1 Å². The molecule has 7 nitrogen and oxygen atoms in total. The number of esters is 2. The van der Waals surface area contributed by atoms with Crippen LogP contribution in [-0.2, 0) is 24.4 Å². The number of halogens is 6. The molecule has 0 spiro atoms. The number of hydrogen-bond donors (Lipinski definition) is 1. The van der Waals surface area contributed by atoms with E-state index < -0.39 is 51.9 Å². The molecular formula is C18H18F3I3O7S. The van der Waals surface area contributed by atoms with Crippen LogP contribution < -0.4 is 4.74 Å². The van der Waals surface area contributed by atoms with Gasteiger partial charge >= 0.3 is 18.1 Å². The summed E-state index contributed by atoms with van der Waals surface area (Å²) in [4.78, 5) is 25.6. The van der Waals surface area contributed by atoms with Crippen molar-refractivity contribution in [1.82, 2.24) is 0 Å². The molecule has 1 aromatic rings. The molecule has 3 unspecified atom stereocenters. The van der Waals surface area contributed by atoms with Crippen LogP contribution in [0.1, 0.15) is 32.1 Å². The van der Waals surface area contributed by atoms with E-state index in [1.165, 1.54) is 0 Å². The summed E-state index contributed by atoms with van der Waals surface area (Å²) in [6.45, 7) is 0. The fourth-order valence-corrected chi connectivity index (χ4v) is 7.73. The van der Waals surface area contributed by atoms with Crippen molar-refractivity contribution in [3.8, 4) is 5.75 Å². The van der Waals surface area contributed by atoms with Crippen molar-refractivity contribution in [2.24, 2.45) is 11.8 Å². The van der Waals surface area contributed by atoms with Gasteiger partial charge in [-0.05, 0) is 92.7 Å². The Bertz CT molecular complexity index is 946. The van der Waals surface area contributed by atoms with Crippen LogP contribution in [0.25, 0.3) is 0 Å². The molecule has 2 rings (SSSR count). The summed E-state index contributed by atoms with van der Waals surface area (Å²) in [5.74, 6) is -5.89. The van der Waals surface area contributed by atoms with Crippen molar-refractivity contribution in [3.63, 3.8) is 0 Å². The van der Waals surface area contributed by atoms with E-state index >= 15 is 0 Å². The van der Waals surface area contributed by atoms with Gasteiger partial charge in [0.1, 0.15) is 5.75 Å². The first-order valence-electron chi connectivity index (χ1n) is 9.27. The highest BCUT2D eigenvalue weighted by Crippen LogP contribution is 2.35. The van der Waals surface area contributed by atoms with E-state index in [-0.39, 0.29) is 12.8 Å². The lowest BCUT2D eigenvalue weighted by atomic mass is 9.88. The van der Waals surface area contributed by atoms with Gasteiger partial charge in [-0.15, -0.1) is 0 Å². The van der Waals surface area contributed by atoms with Crippen molar-refractivity contribution in [1.29, 1.82) is 0 Å². The minimum Gasteiger partial charge on any atom is -0.451 e. The molecule has 0 heterocycles. The number of hydrogen-bond acceptors (Lipinski definition) is 6. The zero-order chi connectivity index (χ0) is 24.3. The molecule has 0 aromatic heterocycles. The second kappa shape index (κ2) is 11.7. The van der Waals surface area contributed by atoms with Crippen molar-refractivity contribution >= 4 is 89.8 Å². The van der Waals surface area contributed by atoms with Crippen LogP contribution in [0.2, 0.25) is 0 Å². The van der Waals surface area contributed by atoms with E-state index in [0.29, 0.717) is 32.2 Å². The summed E-state index contributed by atoms with van der Waals surface area (Å²) in [5.41, 5.74) is 0. The Balaban J connectivity index is 2.26. The van der Waals surface area contributed by atoms with E-state index in [9.17, 15) is 31.2 Å². The lowest BCUT2D eigenvalue weighted by Gasteiger charge is -2.26. The molecule has 1 N–H and O–H groups in total. The third-order valence-corrected chi connectivity index (χ3v) is 7.72. The van der Waals surface area contributed by atoms with Crippen molar-refractivity contribution in [3.05, 3.63) is 22.8 Å². The Morgan fingerprint density at radius 3 is 2.00 bits per heavy atom. The topological polar surface area (TPSA) is 107 Å². The predicted molar refractivity (Wildman–Crippen MR) is 133 cm³/mol. The summed E-state index contributed by atoms with van der Waals surface area (Å²) in [6, 6.07) is 3.57. The number of ether oxygens (including phenoxy) is 2. The third-order valence-electron chi connectivity index (χ3n) is 4.77. The molecule has 1 saturated carbocycles. The van der Waals surface area contributed by atoms with Crippen molar-refractivity contribution in [2.75, 3.05) is 5.75 Å². The molecule has 1 fully saturated rings. The Hall–Kier alpha value is 0.0500. The predicted octanol–water partition coefficient (Wildman–Crippen LogP) is 4.96. The van der Waals surface area contributed by atoms with Gasteiger partial charge in [0.15, 0.2) is 5.75 Å². The van der Waals surface area contributed by atoms with Crippen LogP contribution in [0.5, 0.6) is 5.75 Å². The van der Waals surface area contributed by atoms with Crippen LogP contribution in [0.3, 0.4) is 0 Å². The Morgan fingerprint density at radius 2 is 1.53 bits per heavy atom. The normalized spacial score (nSPS) is 20.8. The van der Waals surface area contributed by atoms with Gasteiger partial charge in [-0.25, -0.2) is 0 Å². The molecule has 14 heteroatoms.